The first-order valence-corrected chi connectivity index (χ1v) is 7.96. The van der Waals surface area contributed by atoms with Gasteiger partial charge in [0.2, 0.25) is 5.91 Å². The summed E-state index contributed by atoms with van der Waals surface area (Å²) in [7, 11) is 1.61. The predicted molar refractivity (Wildman–Crippen MR) is 81.8 cm³/mol. The summed E-state index contributed by atoms with van der Waals surface area (Å²) < 4.78 is 11.1. The van der Waals surface area contributed by atoms with E-state index in [4.69, 9.17) is 9.15 Å². The lowest BCUT2D eigenvalue weighted by molar-refractivity contribution is -0.126. The van der Waals surface area contributed by atoms with E-state index in [0.29, 0.717) is 18.7 Å². The van der Waals surface area contributed by atoms with Crippen molar-refractivity contribution in [3.63, 3.8) is 0 Å². The summed E-state index contributed by atoms with van der Waals surface area (Å²) in [6.45, 7) is 4.67. The van der Waals surface area contributed by atoms with Gasteiger partial charge in [-0.25, -0.2) is 4.98 Å². The van der Waals surface area contributed by atoms with E-state index < -0.39 is 5.54 Å². The van der Waals surface area contributed by atoms with Crippen LogP contribution >= 0.6 is 0 Å². The lowest BCUT2D eigenvalue weighted by Crippen LogP contribution is -2.53. The van der Waals surface area contributed by atoms with Crippen LogP contribution in [-0.2, 0) is 9.53 Å². The number of nitrogens with one attached hydrogen (secondary N) is 1. The van der Waals surface area contributed by atoms with Crippen LogP contribution in [0.15, 0.2) is 17.1 Å². The van der Waals surface area contributed by atoms with Crippen molar-refractivity contribution in [3.8, 4) is 0 Å². The van der Waals surface area contributed by atoms with Crippen molar-refractivity contribution in [1.82, 2.24) is 15.2 Å². The van der Waals surface area contributed by atoms with E-state index in [2.05, 4.69) is 10.3 Å². The first-order chi connectivity index (χ1) is 10.9. The number of aromatic nitrogens is 1. The molecule has 0 radical (unpaired) electrons. The summed E-state index contributed by atoms with van der Waals surface area (Å²) in [4.78, 5) is 30.5. The third kappa shape index (κ3) is 2.73. The van der Waals surface area contributed by atoms with Crippen molar-refractivity contribution in [1.29, 1.82) is 0 Å². The lowest BCUT2D eigenvalue weighted by atomic mass is 9.82. The molecule has 0 unspecified atom stereocenters. The molecule has 7 heteroatoms. The quantitative estimate of drug-likeness (QED) is 0.908. The highest BCUT2D eigenvalue weighted by atomic mass is 16.5. The van der Waals surface area contributed by atoms with Gasteiger partial charge in [0.15, 0.2) is 12.1 Å². The van der Waals surface area contributed by atoms with Gasteiger partial charge in [-0.05, 0) is 26.7 Å². The molecule has 2 aliphatic heterocycles. The highest BCUT2D eigenvalue weighted by molar-refractivity contribution is 5.93. The number of nitrogens with zero attached hydrogens (tertiary/aromatic N) is 2. The molecule has 2 amide bonds. The summed E-state index contributed by atoms with van der Waals surface area (Å²) in [6, 6.07) is 0. The molecule has 2 fully saturated rings. The highest BCUT2D eigenvalue weighted by Gasteiger charge is 2.58. The standard InChI is InChI=1S/C16H23N3O4/c1-15(2)9-16(12(23-15)7-13(20)17-3)5-4-6-19(16)14(21)11-8-22-10-18-11/h8,10,12H,4-7,9H2,1-3H3,(H,17,20)/t12-,16+/m0/s1. The van der Waals surface area contributed by atoms with Gasteiger partial charge in [0.05, 0.1) is 23.7 Å². The Bertz CT molecular complexity index is 598. The Balaban J connectivity index is 1.92. The van der Waals surface area contributed by atoms with Crippen LogP contribution in [0, 0.1) is 0 Å². The maximum Gasteiger partial charge on any atom is 0.276 e. The van der Waals surface area contributed by atoms with Crippen LogP contribution in [0.25, 0.3) is 0 Å². The Labute approximate surface area is 135 Å². The molecular formula is C16H23N3O4. The highest BCUT2D eigenvalue weighted by Crippen LogP contribution is 2.49. The molecule has 1 N–H and O–H groups in total. The number of hydrogen-bond acceptors (Lipinski definition) is 5. The fourth-order valence-corrected chi connectivity index (χ4v) is 4.07. The topological polar surface area (TPSA) is 84.7 Å². The Morgan fingerprint density at radius 1 is 1.48 bits per heavy atom. The van der Waals surface area contributed by atoms with Crippen molar-refractivity contribution in [2.75, 3.05) is 13.6 Å². The monoisotopic (exact) mass is 321 g/mol. The summed E-state index contributed by atoms with van der Waals surface area (Å²) in [5, 5.41) is 2.65. The Hall–Kier alpha value is -1.89. The van der Waals surface area contributed by atoms with Crippen LogP contribution in [0.5, 0.6) is 0 Å². The number of hydrogen-bond donors (Lipinski definition) is 1. The number of carbonyl (C=O) groups is 2. The van der Waals surface area contributed by atoms with E-state index in [1.807, 2.05) is 18.7 Å². The number of rotatable bonds is 3. The molecule has 0 saturated carbocycles. The average Bonchev–Trinajstić information content (AvgIpc) is 3.19. The van der Waals surface area contributed by atoms with Gasteiger partial charge >= 0.3 is 0 Å². The molecule has 1 spiro atoms. The third-order valence-electron chi connectivity index (χ3n) is 4.87. The summed E-state index contributed by atoms with van der Waals surface area (Å²) in [6.07, 6.45) is 5.01. The van der Waals surface area contributed by atoms with Gasteiger partial charge in [-0.1, -0.05) is 0 Å². The smallest absolute Gasteiger partial charge is 0.276 e. The van der Waals surface area contributed by atoms with Gasteiger partial charge in [0.25, 0.3) is 5.91 Å². The minimum absolute atomic E-state index is 0.0761. The van der Waals surface area contributed by atoms with Crippen LogP contribution in [0.4, 0.5) is 0 Å². The molecule has 3 heterocycles. The second-order valence-electron chi connectivity index (χ2n) is 6.96. The molecule has 0 aromatic carbocycles. The average molecular weight is 321 g/mol. The van der Waals surface area contributed by atoms with Crippen LogP contribution in [0.3, 0.4) is 0 Å². The summed E-state index contributed by atoms with van der Waals surface area (Å²) in [5.41, 5.74) is -0.521. The maximum absolute atomic E-state index is 12.8. The van der Waals surface area contributed by atoms with E-state index in [-0.39, 0.29) is 29.9 Å². The van der Waals surface area contributed by atoms with Crippen LogP contribution in [0.1, 0.15) is 50.0 Å². The number of likely N-dealkylation sites (tertiary alicyclic amines) is 1. The molecule has 2 atom stereocenters. The minimum atomic E-state index is -0.452. The maximum atomic E-state index is 12.8. The molecule has 1 aromatic rings. The van der Waals surface area contributed by atoms with Crippen LogP contribution in [0.2, 0.25) is 0 Å². The molecule has 2 aliphatic rings. The number of oxazole rings is 1. The summed E-state index contributed by atoms with van der Waals surface area (Å²) in [5.74, 6) is -0.229. The molecule has 7 nitrogen and oxygen atoms in total. The number of ether oxygens (including phenoxy) is 1. The van der Waals surface area contributed by atoms with Crippen LogP contribution < -0.4 is 5.32 Å². The first kappa shape index (κ1) is 16.0. The zero-order chi connectivity index (χ0) is 16.7. The van der Waals surface area contributed by atoms with E-state index >= 15 is 0 Å². The number of carbonyl (C=O) groups excluding carboxylic acids is 2. The van der Waals surface area contributed by atoms with Crippen molar-refractivity contribution in [2.45, 2.75) is 56.8 Å². The van der Waals surface area contributed by atoms with Gasteiger partial charge in [-0.15, -0.1) is 0 Å². The Kier molecular flexibility index (Phi) is 3.91. The fraction of sp³-hybridized carbons (Fsp3) is 0.688. The zero-order valence-electron chi connectivity index (χ0n) is 13.8. The first-order valence-electron chi connectivity index (χ1n) is 7.96. The van der Waals surface area contributed by atoms with Crippen LogP contribution in [-0.4, -0.2) is 52.5 Å². The van der Waals surface area contributed by atoms with Crippen molar-refractivity contribution in [3.05, 3.63) is 18.4 Å². The Morgan fingerprint density at radius 3 is 2.91 bits per heavy atom. The SMILES string of the molecule is CNC(=O)C[C@@H]1OC(C)(C)C[C@]12CCCN2C(=O)c1cocn1. The predicted octanol–water partition coefficient (Wildman–Crippen LogP) is 1.35. The second kappa shape index (κ2) is 5.63. The van der Waals surface area contributed by atoms with E-state index in [1.54, 1.807) is 7.05 Å². The fourth-order valence-electron chi connectivity index (χ4n) is 4.07. The lowest BCUT2D eigenvalue weighted by Gasteiger charge is -2.38. The summed E-state index contributed by atoms with van der Waals surface area (Å²) >= 11 is 0. The molecule has 3 rings (SSSR count). The molecular weight excluding hydrogens is 298 g/mol. The number of amides is 2. The van der Waals surface area contributed by atoms with Crippen molar-refractivity contribution < 1.29 is 18.7 Å². The van der Waals surface area contributed by atoms with E-state index in [1.165, 1.54) is 12.7 Å². The molecule has 23 heavy (non-hydrogen) atoms. The normalized spacial score (nSPS) is 29.2. The minimum Gasteiger partial charge on any atom is -0.451 e. The second-order valence-corrected chi connectivity index (χ2v) is 6.96. The van der Waals surface area contributed by atoms with Gasteiger partial charge < -0.3 is 19.4 Å². The zero-order valence-corrected chi connectivity index (χ0v) is 13.8. The van der Waals surface area contributed by atoms with E-state index in [0.717, 1.165) is 12.8 Å². The van der Waals surface area contributed by atoms with Gasteiger partial charge in [-0.2, -0.15) is 0 Å². The molecule has 1 aromatic heterocycles. The van der Waals surface area contributed by atoms with Gasteiger partial charge in [0, 0.05) is 20.0 Å². The van der Waals surface area contributed by atoms with Crippen molar-refractivity contribution >= 4 is 11.8 Å². The molecule has 2 saturated heterocycles. The molecule has 126 valence electrons. The molecule has 0 aliphatic carbocycles. The van der Waals surface area contributed by atoms with Crippen molar-refractivity contribution in [2.24, 2.45) is 0 Å². The van der Waals surface area contributed by atoms with Gasteiger partial charge in [0.1, 0.15) is 6.26 Å². The van der Waals surface area contributed by atoms with Gasteiger partial charge in [-0.3, -0.25) is 9.59 Å². The Morgan fingerprint density at radius 2 is 2.26 bits per heavy atom. The largest absolute Gasteiger partial charge is 0.451 e. The molecule has 0 bridgehead atoms. The third-order valence-corrected chi connectivity index (χ3v) is 4.87. The van der Waals surface area contributed by atoms with E-state index in [9.17, 15) is 9.59 Å².